The van der Waals surface area contributed by atoms with E-state index in [0.717, 1.165) is 11.1 Å². The fourth-order valence-corrected chi connectivity index (χ4v) is 3.24. The molecule has 0 aliphatic rings. The molecule has 0 spiro atoms. The SMILES string of the molecule is O=C(O)c1ccc(NN=Cc2ccc(-c3ccc(C(=O)OCc4ccccc4Cl)cc3)o2)cc1. The number of ether oxygens (including phenoxy) is 1. The lowest BCUT2D eigenvalue weighted by Crippen LogP contribution is -2.05. The fourth-order valence-electron chi connectivity index (χ4n) is 3.05. The van der Waals surface area contributed by atoms with Crippen LogP contribution in [0, 0.1) is 0 Å². The van der Waals surface area contributed by atoms with Gasteiger partial charge in [0.1, 0.15) is 18.1 Å². The number of benzene rings is 3. The second-order valence-corrected chi connectivity index (χ2v) is 7.61. The van der Waals surface area contributed by atoms with Gasteiger partial charge in [-0.1, -0.05) is 41.9 Å². The van der Waals surface area contributed by atoms with Crippen molar-refractivity contribution in [1.82, 2.24) is 0 Å². The summed E-state index contributed by atoms with van der Waals surface area (Å²) >= 11 is 6.09. The first-order valence-corrected chi connectivity index (χ1v) is 10.6. The molecule has 0 amide bonds. The molecule has 0 unspecified atom stereocenters. The molecule has 170 valence electrons. The highest BCUT2D eigenvalue weighted by molar-refractivity contribution is 6.31. The van der Waals surface area contributed by atoms with Gasteiger partial charge >= 0.3 is 11.9 Å². The maximum atomic E-state index is 12.3. The van der Waals surface area contributed by atoms with Gasteiger partial charge in [0.25, 0.3) is 0 Å². The standard InChI is InChI=1S/C26H19ClN2O5/c27-23-4-2-1-3-20(23)16-33-26(32)19-7-5-17(6-8-19)24-14-13-22(34-24)15-28-29-21-11-9-18(10-12-21)25(30)31/h1-15,29H,16H2,(H,30,31). The van der Waals surface area contributed by atoms with Crippen LogP contribution in [0.5, 0.6) is 0 Å². The van der Waals surface area contributed by atoms with Crippen LogP contribution in [0.3, 0.4) is 0 Å². The van der Waals surface area contributed by atoms with Gasteiger partial charge in [0.15, 0.2) is 0 Å². The highest BCUT2D eigenvalue weighted by Crippen LogP contribution is 2.23. The maximum Gasteiger partial charge on any atom is 0.338 e. The van der Waals surface area contributed by atoms with Gasteiger partial charge in [0.2, 0.25) is 0 Å². The fraction of sp³-hybridized carbons (Fsp3) is 0.0385. The van der Waals surface area contributed by atoms with Crippen LogP contribution < -0.4 is 5.43 Å². The third kappa shape index (κ3) is 5.70. The van der Waals surface area contributed by atoms with Crippen LogP contribution in [0.4, 0.5) is 5.69 Å². The number of carbonyl (C=O) groups excluding carboxylic acids is 1. The van der Waals surface area contributed by atoms with E-state index < -0.39 is 11.9 Å². The second-order valence-electron chi connectivity index (χ2n) is 7.20. The Bertz CT molecular complexity index is 1330. The number of hydrazone groups is 1. The number of furan rings is 1. The lowest BCUT2D eigenvalue weighted by molar-refractivity contribution is 0.0472. The average molecular weight is 475 g/mol. The van der Waals surface area contributed by atoms with Crippen LogP contribution in [-0.4, -0.2) is 23.3 Å². The highest BCUT2D eigenvalue weighted by Gasteiger charge is 2.10. The molecule has 0 atom stereocenters. The summed E-state index contributed by atoms with van der Waals surface area (Å²) in [5, 5.41) is 13.6. The van der Waals surface area contributed by atoms with Crippen molar-refractivity contribution in [2.75, 3.05) is 5.43 Å². The van der Waals surface area contributed by atoms with Crippen molar-refractivity contribution >= 4 is 35.4 Å². The third-order valence-corrected chi connectivity index (χ3v) is 5.23. The quantitative estimate of drug-likeness (QED) is 0.182. The number of aromatic carboxylic acids is 1. The molecule has 7 nitrogen and oxygen atoms in total. The van der Waals surface area contributed by atoms with Crippen LogP contribution in [0.2, 0.25) is 5.02 Å². The minimum atomic E-state index is -0.986. The molecule has 8 heteroatoms. The molecule has 2 N–H and O–H groups in total. The molecule has 0 saturated heterocycles. The minimum absolute atomic E-state index is 0.0961. The first-order valence-electron chi connectivity index (χ1n) is 10.2. The van der Waals surface area contributed by atoms with Gasteiger partial charge in [0, 0.05) is 16.1 Å². The van der Waals surface area contributed by atoms with Crippen molar-refractivity contribution in [2.45, 2.75) is 6.61 Å². The molecular formula is C26H19ClN2O5. The molecular weight excluding hydrogens is 456 g/mol. The van der Waals surface area contributed by atoms with Gasteiger partial charge in [-0.25, -0.2) is 9.59 Å². The molecule has 0 aliphatic heterocycles. The Balaban J connectivity index is 1.34. The van der Waals surface area contributed by atoms with E-state index in [1.807, 2.05) is 12.1 Å². The van der Waals surface area contributed by atoms with Gasteiger partial charge < -0.3 is 14.3 Å². The van der Waals surface area contributed by atoms with Crippen molar-refractivity contribution in [3.05, 3.63) is 112 Å². The molecule has 3 aromatic carbocycles. The van der Waals surface area contributed by atoms with Crippen molar-refractivity contribution in [2.24, 2.45) is 5.10 Å². The van der Waals surface area contributed by atoms with E-state index in [0.29, 0.717) is 27.8 Å². The number of nitrogens with zero attached hydrogens (tertiary/aromatic N) is 1. The highest BCUT2D eigenvalue weighted by atomic mass is 35.5. The zero-order chi connectivity index (χ0) is 23.9. The molecule has 34 heavy (non-hydrogen) atoms. The van der Waals surface area contributed by atoms with E-state index in [9.17, 15) is 9.59 Å². The summed E-state index contributed by atoms with van der Waals surface area (Å²) < 4.78 is 11.1. The Morgan fingerprint density at radius 1 is 0.941 bits per heavy atom. The first kappa shape index (κ1) is 22.8. The Labute approximate surface area is 200 Å². The van der Waals surface area contributed by atoms with Crippen molar-refractivity contribution in [3.63, 3.8) is 0 Å². The Hall–Kier alpha value is -4.36. The smallest absolute Gasteiger partial charge is 0.338 e. The number of halogens is 1. The summed E-state index contributed by atoms with van der Waals surface area (Å²) in [6.45, 7) is 0.0961. The number of esters is 1. The number of carbonyl (C=O) groups is 2. The second kappa shape index (κ2) is 10.5. The maximum absolute atomic E-state index is 12.3. The summed E-state index contributed by atoms with van der Waals surface area (Å²) in [5.41, 5.74) is 5.61. The van der Waals surface area contributed by atoms with E-state index in [4.69, 9.17) is 25.9 Å². The third-order valence-electron chi connectivity index (χ3n) is 4.87. The largest absolute Gasteiger partial charge is 0.478 e. The molecule has 0 fully saturated rings. The Morgan fingerprint density at radius 3 is 2.35 bits per heavy atom. The number of carboxylic acids is 1. The number of nitrogens with one attached hydrogen (secondary N) is 1. The predicted octanol–water partition coefficient (Wildman–Crippen LogP) is 6.10. The summed E-state index contributed by atoms with van der Waals surface area (Å²) in [4.78, 5) is 23.2. The molecule has 0 bridgehead atoms. The topological polar surface area (TPSA) is 101 Å². The van der Waals surface area contributed by atoms with Gasteiger partial charge in [-0.2, -0.15) is 5.10 Å². The van der Waals surface area contributed by atoms with Crippen LogP contribution in [-0.2, 0) is 11.3 Å². The molecule has 0 aliphatic carbocycles. The lowest BCUT2D eigenvalue weighted by atomic mass is 10.1. The molecule has 0 radical (unpaired) electrons. The number of hydrogen-bond acceptors (Lipinski definition) is 6. The molecule has 0 saturated carbocycles. The van der Waals surface area contributed by atoms with Crippen molar-refractivity contribution < 1.29 is 23.8 Å². The van der Waals surface area contributed by atoms with E-state index in [2.05, 4.69) is 10.5 Å². The van der Waals surface area contributed by atoms with Crippen molar-refractivity contribution in [1.29, 1.82) is 0 Å². The van der Waals surface area contributed by atoms with E-state index in [1.54, 1.807) is 60.7 Å². The summed E-state index contributed by atoms with van der Waals surface area (Å²) in [6.07, 6.45) is 1.51. The normalized spacial score (nSPS) is 10.9. The number of hydrogen-bond donors (Lipinski definition) is 2. The zero-order valence-corrected chi connectivity index (χ0v) is 18.5. The predicted molar refractivity (Wildman–Crippen MR) is 129 cm³/mol. The summed E-state index contributed by atoms with van der Waals surface area (Å²) in [5.74, 6) is -0.294. The van der Waals surface area contributed by atoms with Crippen LogP contribution in [0.25, 0.3) is 11.3 Å². The average Bonchev–Trinajstić information content (AvgIpc) is 3.33. The van der Waals surface area contributed by atoms with Gasteiger partial charge in [0.05, 0.1) is 23.0 Å². The number of rotatable bonds is 8. The van der Waals surface area contributed by atoms with Crippen molar-refractivity contribution in [3.8, 4) is 11.3 Å². The Morgan fingerprint density at radius 2 is 1.65 bits per heavy atom. The van der Waals surface area contributed by atoms with Crippen LogP contribution >= 0.6 is 11.6 Å². The minimum Gasteiger partial charge on any atom is -0.478 e. The van der Waals surface area contributed by atoms with Crippen LogP contribution in [0.15, 0.2) is 94.4 Å². The summed E-state index contributed by atoms with van der Waals surface area (Å²) in [6, 6.07) is 23.9. The van der Waals surface area contributed by atoms with Gasteiger partial charge in [-0.3, -0.25) is 5.43 Å². The first-order chi connectivity index (χ1) is 16.5. The number of anilines is 1. The molecule has 1 aromatic heterocycles. The molecule has 1 heterocycles. The van der Waals surface area contributed by atoms with Gasteiger partial charge in [-0.05, 0) is 54.6 Å². The Kier molecular flexibility index (Phi) is 7.05. The van der Waals surface area contributed by atoms with E-state index in [-0.39, 0.29) is 12.2 Å². The number of carboxylic acid groups (broad SMARTS) is 1. The molecule has 4 rings (SSSR count). The zero-order valence-electron chi connectivity index (χ0n) is 17.8. The van der Waals surface area contributed by atoms with Crippen LogP contribution in [0.1, 0.15) is 32.0 Å². The van der Waals surface area contributed by atoms with Gasteiger partial charge in [-0.15, -0.1) is 0 Å². The lowest BCUT2D eigenvalue weighted by Gasteiger charge is -2.07. The monoisotopic (exact) mass is 474 g/mol. The summed E-state index contributed by atoms with van der Waals surface area (Å²) in [7, 11) is 0. The van der Waals surface area contributed by atoms with E-state index >= 15 is 0 Å². The molecule has 4 aromatic rings. The van der Waals surface area contributed by atoms with E-state index in [1.165, 1.54) is 18.3 Å².